The highest BCUT2D eigenvalue weighted by atomic mass is 35.5. The van der Waals surface area contributed by atoms with Crippen LogP contribution in [0.25, 0.3) is 11.5 Å². The van der Waals surface area contributed by atoms with Crippen molar-refractivity contribution in [3.63, 3.8) is 0 Å². The largest absolute Gasteiger partial charge is 0.476 e. The van der Waals surface area contributed by atoms with E-state index in [1.807, 2.05) is 31.2 Å². The summed E-state index contributed by atoms with van der Waals surface area (Å²) in [5, 5.41) is 10.2. The third kappa shape index (κ3) is 3.57. The molecule has 3 aromatic rings. The van der Waals surface area contributed by atoms with Gasteiger partial charge in [0.25, 0.3) is 0 Å². The van der Waals surface area contributed by atoms with Crippen molar-refractivity contribution in [1.82, 2.24) is 4.98 Å². The highest BCUT2D eigenvalue weighted by molar-refractivity contribution is 7.99. The second-order valence-corrected chi connectivity index (χ2v) is 6.36. The Balaban J connectivity index is 1.97. The average molecular weight is 346 g/mol. The molecule has 0 radical (unpaired) electrons. The molecule has 0 atom stereocenters. The van der Waals surface area contributed by atoms with Crippen LogP contribution in [-0.2, 0) is 0 Å². The lowest BCUT2D eigenvalue weighted by Crippen LogP contribution is -1.98. The van der Waals surface area contributed by atoms with Crippen LogP contribution in [-0.4, -0.2) is 16.1 Å². The number of oxazole rings is 1. The zero-order valence-corrected chi connectivity index (χ0v) is 13.7. The number of carbonyl (C=O) groups is 1. The van der Waals surface area contributed by atoms with Crippen LogP contribution in [0.15, 0.2) is 62.9 Å². The number of hydrogen-bond donors (Lipinski definition) is 1. The molecule has 0 amide bonds. The van der Waals surface area contributed by atoms with Gasteiger partial charge in [0, 0.05) is 15.5 Å². The molecule has 0 aliphatic heterocycles. The SMILES string of the molecule is Cc1ccc(-c2nc(C(=O)O)c(Sc3ccc(Cl)cc3)o2)cc1. The lowest BCUT2D eigenvalue weighted by atomic mass is 10.1. The molecule has 0 aliphatic rings. The molecule has 3 rings (SSSR count). The van der Waals surface area contributed by atoms with Crippen molar-refractivity contribution in [3.05, 3.63) is 64.8 Å². The third-order valence-corrected chi connectivity index (χ3v) is 4.34. The second kappa shape index (κ2) is 6.48. The van der Waals surface area contributed by atoms with Crippen LogP contribution in [0.5, 0.6) is 0 Å². The molecule has 116 valence electrons. The monoisotopic (exact) mass is 345 g/mol. The smallest absolute Gasteiger partial charge is 0.359 e. The van der Waals surface area contributed by atoms with E-state index in [-0.39, 0.29) is 10.8 Å². The van der Waals surface area contributed by atoms with Crippen molar-refractivity contribution < 1.29 is 14.3 Å². The van der Waals surface area contributed by atoms with Crippen LogP contribution in [0.2, 0.25) is 5.02 Å². The van der Waals surface area contributed by atoms with E-state index in [9.17, 15) is 9.90 Å². The molecular weight excluding hydrogens is 334 g/mol. The summed E-state index contributed by atoms with van der Waals surface area (Å²) < 4.78 is 5.67. The van der Waals surface area contributed by atoms with Gasteiger partial charge in [0.1, 0.15) is 0 Å². The molecule has 2 aromatic carbocycles. The van der Waals surface area contributed by atoms with Gasteiger partial charge in [-0.1, -0.05) is 29.3 Å². The Kier molecular flexibility index (Phi) is 4.41. The maximum atomic E-state index is 11.4. The third-order valence-electron chi connectivity index (χ3n) is 3.12. The van der Waals surface area contributed by atoms with Crippen molar-refractivity contribution in [1.29, 1.82) is 0 Å². The Morgan fingerprint density at radius 2 is 1.78 bits per heavy atom. The van der Waals surface area contributed by atoms with Gasteiger partial charge in [-0.15, -0.1) is 0 Å². The van der Waals surface area contributed by atoms with Gasteiger partial charge in [-0.3, -0.25) is 0 Å². The van der Waals surface area contributed by atoms with Gasteiger partial charge in [0.05, 0.1) is 0 Å². The van der Waals surface area contributed by atoms with Crippen molar-refractivity contribution >= 4 is 29.3 Å². The van der Waals surface area contributed by atoms with Gasteiger partial charge in [0.15, 0.2) is 0 Å². The molecule has 0 fully saturated rings. The summed E-state index contributed by atoms with van der Waals surface area (Å²) in [6.45, 7) is 1.98. The van der Waals surface area contributed by atoms with Gasteiger partial charge in [0.2, 0.25) is 16.7 Å². The number of rotatable bonds is 4. The van der Waals surface area contributed by atoms with Gasteiger partial charge >= 0.3 is 5.97 Å². The maximum Gasteiger partial charge on any atom is 0.359 e. The maximum absolute atomic E-state index is 11.4. The zero-order valence-electron chi connectivity index (χ0n) is 12.1. The molecule has 1 heterocycles. The van der Waals surface area contributed by atoms with E-state index in [1.165, 1.54) is 11.8 Å². The first-order valence-corrected chi connectivity index (χ1v) is 7.97. The molecule has 4 nitrogen and oxygen atoms in total. The number of benzene rings is 2. The van der Waals surface area contributed by atoms with E-state index in [0.717, 1.165) is 16.0 Å². The van der Waals surface area contributed by atoms with E-state index >= 15 is 0 Å². The van der Waals surface area contributed by atoms with E-state index in [0.29, 0.717) is 10.9 Å². The van der Waals surface area contributed by atoms with Gasteiger partial charge in [-0.2, -0.15) is 0 Å². The molecule has 0 spiro atoms. The number of halogens is 1. The first kappa shape index (κ1) is 15.6. The van der Waals surface area contributed by atoms with Crippen molar-refractivity contribution in [2.24, 2.45) is 0 Å². The highest BCUT2D eigenvalue weighted by Gasteiger charge is 2.21. The molecule has 1 N–H and O–H groups in total. The molecule has 0 bridgehead atoms. The topological polar surface area (TPSA) is 63.3 Å². The number of carboxylic acid groups (broad SMARTS) is 1. The molecule has 0 aliphatic carbocycles. The molecule has 0 unspecified atom stereocenters. The normalized spacial score (nSPS) is 10.7. The average Bonchev–Trinajstić information content (AvgIpc) is 2.94. The highest BCUT2D eigenvalue weighted by Crippen LogP contribution is 2.34. The minimum absolute atomic E-state index is 0.0967. The van der Waals surface area contributed by atoms with E-state index in [2.05, 4.69) is 4.98 Å². The number of hydrogen-bond acceptors (Lipinski definition) is 4. The fraction of sp³-hybridized carbons (Fsp3) is 0.0588. The van der Waals surface area contributed by atoms with E-state index < -0.39 is 5.97 Å². The second-order valence-electron chi connectivity index (χ2n) is 4.88. The number of aromatic nitrogens is 1. The Labute approximate surface area is 142 Å². The van der Waals surface area contributed by atoms with Crippen molar-refractivity contribution in [2.45, 2.75) is 16.9 Å². The first-order valence-electron chi connectivity index (χ1n) is 6.77. The molecule has 0 saturated heterocycles. The summed E-state index contributed by atoms with van der Waals surface area (Å²) in [7, 11) is 0. The summed E-state index contributed by atoms with van der Waals surface area (Å²) in [5.41, 5.74) is 1.75. The molecule has 23 heavy (non-hydrogen) atoms. The Hall–Kier alpha value is -2.24. The summed E-state index contributed by atoms with van der Waals surface area (Å²) in [4.78, 5) is 16.3. The molecule has 1 aromatic heterocycles. The predicted molar refractivity (Wildman–Crippen MR) is 89.2 cm³/mol. The van der Waals surface area contributed by atoms with Gasteiger partial charge < -0.3 is 9.52 Å². The molecule has 6 heteroatoms. The number of nitrogens with zero attached hydrogens (tertiary/aromatic N) is 1. The number of aromatic carboxylic acids is 1. The fourth-order valence-corrected chi connectivity index (χ4v) is 2.90. The summed E-state index contributed by atoms with van der Waals surface area (Å²) in [6, 6.07) is 14.6. The quantitative estimate of drug-likeness (QED) is 0.708. The van der Waals surface area contributed by atoms with Crippen LogP contribution in [0.1, 0.15) is 16.1 Å². The van der Waals surface area contributed by atoms with Crippen molar-refractivity contribution in [3.8, 4) is 11.5 Å². The van der Waals surface area contributed by atoms with Crippen LogP contribution in [0, 0.1) is 6.92 Å². The van der Waals surface area contributed by atoms with E-state index in [1.54, 1.807) is 24.3 Å². The zero-order chi connectivity index (χ0) is 16.4. The van der Waals surface area contributed by atoms with Crippen LogP contribution in [0.3, 0.4) is 0 Å². The minimum Gasteiger partial charge on any atom is -0.476 e. The lowest BCUT2D eigenvalue weighted by Gasteiger charge is -1.99. The van der Waals surface area contributed by atoms with Crippen molar-refractivity contribution in [2.75, 3.05) is 0 Å². The van der Waals surface area contributed by atoms with E-state index in [4.69, 9.17) is 16.0 Å². The lowest BCUT2D eigenvalue weighted by molar-refractivity contribution is 0.0685. The Morgan fingerprint density at radius 3 is 2.39 bits per heavy atom. The molecule has 0 saturated carbocycles. The molecular formula is C17H12ClNO3S. The van der Waals surface area contributed by atoms with Crippen LogP contribution in [0.4, 0.5) is 0 Å². The van der Waals surface area contributed by atoms with Crippen LogP contribution < -0.4 is 0 Å². The summed E-state index contributed by atoms with van der Waals surface area (Å²) in [5.74, 6) is -0.831. The fourth-order valence-electron chi connectivity index (χ4n) is 1.94. The summed E-state index contributed by atoms with van der Waals surface area (Å²) >= 11 is 7.06. The first-order chi connectivity index (χ1) is 11.0. The van der Waals surface area contributed by atoms with Gasteiger partial charge in [-0.25, -0.2) is 9.78 Å². The standard InChI is InChI=1S/C17H12ClNO3S/c1-10-2-4-11(5-3-10)15-19-14(16(20)21)17(22-15)23-13-8-6-12(18)7-9-13/h2-9H,1H3,(H,20,21). The van der Waals surface area contributed by atoms with Crippen LogP contribution >= 0.6 is 23.4 Å². The number of aryl methyl sites for hydroxylation is 1. The minimum atomic E-state index is -1.12. The predicted octanol–water partition coefficient (Wildman–Crippen LogP) is 5.15. The van der Waals surface area contributed by atoms with Gasteiger partial charge in [-0.05, 0) is 55.1 Å². The Morgan fingerprint density at radius 1 is 1.13 bits per heavy atom. The number of carboxylic acids is 1. The Bertz CT molecular complexity index is 841. The summed E-state index contributed by atoms with van der Waals surface area (Å²) in [6.07, 6.45) is 0.